The zero-order valence-electron chi connectivity index (χ0n) is 13.5. The Hall–Kier alpha value is -3.22. The van der Waals surface area contributed by atoms with E-state index in [-0.39, 0.29) is 25.3 Å². The van der Waals surface area contributed by atoms with Gasteiger partial charge < -0.3 is 19.2 Å². The maximum Gasteiger partial charge on any atom is 0.420 e. The zero-order valence-corrected chi connectivity index (χ0v) is 13.5. The maximum absolute atomic E-state index is 12.4. The van der Waals surface area contributed by atoms with E-state index in [0.29, 0.717) is 22.6 Å². The summed E-state index contributed by atoms with van der Waals surface area (Å²) >= 11 is 0. The Morgan fingerprint density at radius 2 is 2.00 bits per heavy atom. The van der Waals surface area contributed by atoms with Gasteiger partial charge >= 0.3 is 5.76 Å². The number of fused-ring (bicyclic) bond motifs is 2. The van der Waals surface area contributed by atoms with Gasteiger partial charge in [0.15, 0.2) is 17.1 Å². The number of nitrogens with zero attached hydrogens (tertiary/aromatic N) is 1. The molecule has 0 fully saturated rings. The molecule has 1 amide bonds. The molecule has 2 aromatic carbocycles. The molecule has 4 rings (SSSR count). The van der Waals surface area contributed by atoms with Crippen molar-refractivity contribution in [3.05, 3.63) is 58.6 Å². The number of carbonyl (C=O) groups excluding carboxylic acids is 1. The topological polar surface area (TPSA) is 82.7 Å². The van der Waals surface area contributed by atoms with E-state index in [1.807, 2.05) is 25.1 Å². The molecule has 25 heavy (non-hydrogen) atoms. The van der Waals surface area contributed by atoms with Crippen molar-refractivity contribution in [2.45, 2.75) is 19.5 Å². The van der Waals surface area contributed by atoms with Crippen LogP contribution in [-0.2, 0) is 11.3 Å². The minimum atomic E-state index is -0.549. The minimum Gasteiger partial charge on any atom is -0.454 e. The van der Waals surface area contributed by atoms with Crippen molar-refractivity contribution < 1.29 is 18.7 Å². The van der Waals surface area contributed by atoms with E-state index in [4.69, 9.17) is 13.9 Å². The van der Waals surface area contributed by atoms with Crippen LogP contribution in [0, 0.1) is 0 Å². The summed E-state index contributed by atoms with van der Waals surface area (Å²) in [4.78, 5) is 24.3. The molecule has 1 aliphatic heterocycles. The second kappa shape index (κ2) is 6.01. The molecule has 3 aromatic rings. The smallest absolute Gasteiger partial charge is 0.420 e. The number of amides is 1. The van der Waals surface area contributed by atoms with Crippen molar-refractivity contribution >= 4 is 17.0 Å². The summed E-state index contributed by atoms with van der Waals surface area (Å²) in [5.74, 6) is 0.528. The number of rotatable bonds is 4. The highest BCUT2D eigenvalue weighted by Crippen LogP contribution is 2.34. The summed E-state index contributed by atoms with van der Waals surface area (Å²) in [6, 6.07) is 12.3. The second-order valence-electron chi connectivity index (χ2n) is 5.82. The summed E-state index contributed by atoms with van der Waals surface area (Å²) < 4.78 is 17.1. The zero-order chi connectivity index (χ0) is 17.4. The van der Waals surface area contributed by atoms with E-state index in [9.17, 15) is 9.59 Å². The van der Waals surface area contributed by atoms with Crippen molar-refractivity contribution in [1.82, 2.24) is 9.88 Å². The Morgan fingerprint density at radius 3 is 2.88 bits per heavy atom. The largest absolute Gasteiger partial charge is 0.454 e. The lowest BCUT2D eigenvalue weighted by molar-refractivity contribution is -0.122. The Kier molecular flexibility index (Phi) is 3.68. The van der Waals surface area contributed by atoms with E-state index >= 15 is 0 Å². The van der Waals surface area contributed by atoms with Crippen LogP contribution in [-0.4, -0.2) is 17.3 Å². The molecule has 0 aliphatic carbocycles. The standard InChI is InChI=1S/C18H16N2O5/c1-11(12-6-7-15-16(8-12)24-10-23-15)19-17(21)9-20-13-4-2-3-5-14(13)25-18(20)22/h2-8,11H,9-10H2,1H3,(H,19,21). The summed E-state index contributed by atoms with van der Waals surface area (Å²) in [6.45, 7) is 1.96. The average Bonchev–Trinajstić information content (AvgIpc) is 3.19. The Labute approximate surface area is 142 Å². The van der Waals surface area contributed by atoms with E-state index in [1.54, 1.807) is 24.3 Å². The van der Waals surface area contributed by atoms with Crippen LogP contribution in [0.5, 0.6) is 11.5 Å². The molecule has 1 N–H and O–H groups in total. The lowest BCUT2D eigenvalue weighted by atomic mass is 10.1. The lowest BCUT2D eigenvalue weighted by Crippen LogP contribution is -2.32. The number of aromatic nitrogens is 1. The van der Waals surface area contributed by atoms with Gasteiger partial charge in [-0.05, 0) is 36.8 Å². The van der Waals surface area contributed by atoms with Gasteiger partial charge in [-0.2, -0.15) is 0 Å². The van der Waals surface area contributed by atoms with Gasteiger partial charge in [-0.3, -0.25) is 9.36 Å². The van der Waals surface area contributed by atoms with Crippen LogP contribution < -0.4 is 20.5 Å². The van der Waals surface area contributed by atoms with Crippen LogP contribution in [0.3, 0.4) is 0 Å². The third kappa shape index (κ3) is 2.84. The van der Waals surface area contributed by atoms with E-state index in [2.05, 4.69) is 5.32 Å². The molecule has 0 saturated carbocycles. The molecule has 128 valence electrons. The van der Waals surface area contributed by atoms with Crippen molar-refractivity contribution in [3.8, 4) is 11.5 Å². The van der Waals surface area contributed by atoms with Gasteiger partial charge in [0.05, 0.1) is 11.6 Å². The molecule has 7 heteroatoms. The first-order valence-electron chi connectivity index (χ1n) is 7.89. The van der Waals surface area contributed by atoms with Crippen molar-refractivity contribution in [2.24, 2.45) is 0 Å². The van der Waals surface area contributed by atoms with Gasteiger partial charge in [0.1, 0.15) is 6.54 Å². The predicted octanol–water partition coefficient (Wildman–Crippen LogP) is 2.20. The second-order valence-corrected chi connectivity index (χ2v) is 5.82. The molecule has 0 radical (unpaired) electrons. The molecule has 0 saturated heterocycles. The molecule has 1 atom stereocenters. The fourth-order valence-electron chi connectivity index (χ4n) is 2.86. The van der Waals surface area contributed by atoms with Gasteiger partial charge in [0, 0.05) is 0 Å². The highest BCUT2D eigenvalue weighted by Gasteiger charge is 2.18. The molecular formula is C18H16N2O5. The fraction of sp³-hybridized carbons (Fsp3) is 0.222. The molecule has 0 bridgehead atoms. The quantitative estimate of drug-likeness (QED) is 0.787. The van der Waals surface area contributed by atoms with Crippen LogP contribution in [0.15, 0.2) is 51.7 Å². The highest BCUT2D eigenvalue weighted by atomic mass is 16.7. The Morgan fingerprint density at radius 1 is 1.20 bits per heavy atom. The van der Waals surface area contributed by atoms with Gasteiger partial charge in [-0.25, -0.2) is 4.79 Å². The Balaban J connectivity index is 1.50. The van der Waals surface area contributed by atoms with Crippen LogP contribution >= 0.6 is 0 Å². The van der Waals surface area contributed by atoms with Gasteiger partial charge in [-0.1, -0.05) is 18.2 Å². The number of para-hydroxylation sites is 2. The number of nitrogens with one attached hydrogen (secondary N) is 1. The van der Waals surface area contributed by atoms with Crippen LogP contribution in [0.25, 0.3) is 11.1 Å². The molecule has 0 spiro atoms. The minimum absolute atomic E-state index is 0.106. The lowest BCUT2D eigenvalue weighted by Gasteiger charge is -2.15. The van der Waals surface area contributed by atoms with Crippen molar-refractivity contribution in [1.29, 1.82) is 0 Å². The van der Waals surface area contributed by atoms with Crippen LogP contribution in [0.4, 0.5) is 0 Å². The summed E-state index contributed by atoms with van der Waals surface area (Å²) in [5, 5.41) is 2.88. The summed E-state index contributed by atoms with van der Waals surface area (Å²) in [6.07, 6.45) is 0. The normalized spacial score (nSPS) is 13.8. The molecular weight excluding hydrogens is 324 g/mol. The van der Waals surface area contributed by atoms with Gasteiger partial charge in [-0.15, -0.1) is 0 Å². The van der Waals surface area contributed by atoms with Gasteiger partial charge in [0.25, 0.3) is 0 Å². The number of hydrogen-bond donors (Lipinski definition) is 1. The number of ether oxygens (including phenoxy) is 2. The first-order valence-corrected chi connectivity index (χ1v) is 7.89. The monoisotopic (exact) mass is 340 g/mol. The first kappa shape index (κ1) is 15.3. The van der Waals surface area contributed by atoms with Crippen LogP contribution in [0.1, 0.15) is 18.5 Å². The SMILES string of the molecule is CC(NC(=O)Cn1c(=O)oc2ccccc21)c1ccc2c(c1)OCO2. The van der Waals surface area contributed by atoms with E-state index in [1.165, 1.54) is 4.57 Å². The maximum atomic E-state index is 12.4. The molecule has 1 aliphatic rings. The number of benzene rings is 2. The molecule has 2 heterocycles. The third-order valence-electron chi connectivity index (χ3n) is 4.15. The Bertz CT molecular complexity index is 1000. The van der Waals surface area contributed by atoms with Gasteiger partial charge in [0.2, 0.25) is 12.7 Å². The van der Waals surface area contributed by atoms with Crippen molar-refractivity contribution in [3.63, 3.8) is 0 Å². The fourth-order valence-corrected chi connectivity index (χ4v) is 2.86. The average molecular weight is 340 g/mol. The predicted molar refractivity (Wildman–Crippen MR) is 89.6 cm³/mol. The highest BCUT2D eigenvalue weighted by molar-refractivity contribution is 5.79. The van der Waals surface area contributed by atoms with E-state index in [0.717, 1.165) is 5.56 Å². The molecule has 1 unspecified atom stereocenters. The first-order chi connectivity index (χ1) is 12.1. The summed E-state index contributed by atoms with van der Waals surface area (Å²) in [5.41, 5.74) is 1.95. The number of hydrogen-bond acceptors (Lipinski definition) is 5. The number of carbonyl (C=O) groups is 1. The number of oxazole rings is 1. The third-order valence-corrected chi connectivity index (χ3v) is 4.15. The van der Waals surface area contributed by atoms with Crippen molar-refractivity contribution in [2.75, 3.05) is 6.79 Å². The van der Waals surface area contributed by atoms with Crippen LogP contribution in [0.2, 0.25) is 0 Å². The molecule has 1 aromatic heterocycles. The molecule has 7 nitrogen and oxygen atoms in total. The van der Waals surface area contributed by atoms with E-state index < -0.39 is 5.76 Å². The summed E-state index contributed by atoms with van der Waals surface area (Å²) in [7, 11) is 0.